The smallest absolute Gasteiger partial charge is 0.111 e. The van der Waals surface area contributed by atoms with Gasteiger partial charge in [0.15, 0.2) is 0 Å². The van der Waals surface area contributed by atoms with E-state index >= 15 is 0 Å². The van der Waals surface area contributed by atoms with Gasteiger partial charge in [-0.2, -0.15) is 11.8 Å². The number of nitrogens with zero attached hydrogens (tertiary/aromatic N) is 2. The second kappa shape index (κ2) is 6.19. The van der Waals surface area contributed by atoms with Crippen LogP contribution in [0.3, 0.4) is 0 Å². The Morgan fingerprint density at radius 3 is 3.05 bits per heavy atom. The Morgan fingerprint density at radius 2 is 2.30 bits per heavy atom. The van der Waals surface area contributed by atoms with Gasteiger partial charge < -0.3 is 10.3 Å². The third-order valence-corrected chi connectivity index (χ3v) is 5.58. The van der Waals surface area contributed by atoms with Crippen molar-refractivity contribution < 1.29 is 0 Å². The molecule has 1 fully saturated rings. The van der Waals surface area contributed by atoms with Crippen LogP contribution in [-0.4, -0.2) is 26.6 Å². The first-order valence-corrected chi connectivity index (χ1v) is 8.65. The molecule has 2 atom stereocenters. The molecule has 2 N–H and O–H groups in total. The van der Waals surface area contributed by atoms with E-state index in [0.29, 0.717) is 5.25 Å². The molecule has 2 unspecified atom stereocenters. The van der Waals surface area contributed by atoms with E-state index in [0.717, 1.165) is 30.7 Å². The number of nitrogens with two attached hydrogens (primary N) is 1. The summed E-state index contributed by atoms with van der Waals surface area (Å²) in [7, 11) is 0. The molecular weight excluding hydrogens is 266 g/mol. The van der Waals surface area contributed by atoms with Gasteiger partial charge in [0.05, 0.1) is 11.0 Å². The summed E-state index contributed by atoms with van der Waals surface area (Å²) in [4.78, 5) is 4.82. The number of hydrogen-bond donors (Lipinski definition) is 1. The average molecular weight is 289 g/mol. The Morgan fingerprint density at radius 1 is 1.45 bits per heavy atom. The van der Waals surface area contributed by atoms with Gasteiger partial charge in [-0.05, 0) is 37.1 Å². The van der Waals surface area contributed by atoms with E-state index < -0.39 is 0 Å². The molecule has 1 saturated heterocycles. The van der Waals surface area contributed by atoms with Crippen LogP contribution in [0, 0.1) is 0 Å². The van der Waals surface area contributed by atoms with Gasteiger partial charge >= 0.3 is 0 Å². The van der Waals surface area contributed by atoms with Crippen molar-refractivity contribution in [2.45, 2.75) is 50.4 Å². The number of thioether (sulfide) groups is 1. The van der Waals surface area contributed by atoms with Crippen LogP contribution in [0.2, 0.25) is 0 Å². The molecule has 0 amide bonds. The van der Waals surface area contributed by atoms with E-state index in [4.69, 9.17) is 10.7 Å². The zero-order valence-electron chi connectivity index (χ0n) is 12.1. The van der Waals surface area contributed by atoms with Crippen molar-refractivity contribution in [2.24, 2.45) is 5.73 Å². The van der Waals surface area contributed by atoms with E-state index in [1.165, 1.54) is 24.1 Å². The average Bonchev–Trinajstić information content (AvgIpc) is 3.08. The number of fused-ring (bicyclic) bond motifs is 1. The highest BCUT2D eigenvalue weighted by Gasteiger charge is 2.24. The molecule has 2 aromatic rings. The maximum atomic E-state index is 6.42. The molecule has 0 aliphatic carbocycles. The summed E-state index contributed by atoms with van der Waals surface area (Å²) in [6.45, 7) is 3.24. The minimum atomic E-state index is 0.231. The van der Waals surface area contributed by atoms with Crippen molar-refractivity contribution in [3.05, 3.63) is 30.1 Å². The van der Waals surface area contributed by atoms with Gasteiger partial charge in [0, 0.05) is 24.3 Å². The largest absolute Gasteiger partial charge is 0.328 e. The van der Waals surface area contributed by atoms with Crippen LogP contribution in [0.5, 0.6) is 0 Å². The third-order valence-electron chi connectivity index (χ3n) is 4.04. The molecule has 1 aromatic heterocycles. The number of imidazole rings is 1. The molecule has 0 bridgehead atoms. The molecule has 3 rings (SSSR count). The molecule has 20 heavy (non-hydrogen) atoms. The minimum absolute atomic E-state index is 0.231. The maximum Gasteiger partial charge on any atom is 0.111 e. The molecule has 108 valence electrons. The first kappa shape index (κ1) is 14.0. The normalized spacial score (nSPS) is 20.6. The van der Waals surface area contributed by atoms with Gasteiger partial charge in [-0.15, -0.1) is 0 Å². The van der Waals surface area contributed by atoms with Crippen LogP contribution in [0.15, 0.2) is 24.3 Å². The number of aromatic nitrogens is 2. The summed E-state index contributed by atoms with van der Waals surface area (Å²) in [5, 5.41) is 0.616. The Labute approximate surface area is 124 Å². The summed E-state index contributed by atoms with van der Waals surface area (Å²) >= 11 is 2.03. The topological polar surface area (TPSA) is 43.8 Å². The van der Waals surface area contributed by atoms with Gasteiger partial charge in [0.1, 0.15) is 5.82 Å². The van der Waals surface area contributed by atoms with Crippen LogP contribution in [0.1, 0.15) is 32.0 Å². The summed E-state index contributed by atoms with van der Waals surface area (Å²) in [6.07, 6.45) is 4.60. The molecular formula is C16H23N3S. The molecule has 0 radical (unpaired) electrons. The van der Waals surface area contributed by atoms with Gasteiger partial charge in [0.2, 0.25) is 0 Å². The lowest BCUT2D eigenvalue weighted by atomic mass is 10.1. The number of hydrogen-bond acceptors (Lipinski definition) is 3. The van der Waals surface area contributed by atoms with Crippen molar-refractivity contribution in [2.75, 3.05) is 5.75 Å². The lowest BCUT2D eigenvalue weighted by Gasteiger charge is -2.18. The molecule has 2 heterocycles. The second-order valence-electron chi connectivity index (χ2n) is 5.59. The van der Waals surface area contributed by atoms with Crippen LogP contribution in [0.25, 0.3) is 11.0 Å². The molecule has 3 nitrogen and oxygen atoms in total. The molecule has 0 spiro atoms. The highest BCUT2D eigenvalue weighted by atomic mass is 32.2. The summed E-state index contributed by atoms with van der Waals surface area (Å²) in [6, 6.07) is 8.64. The zero-order chi connectivity index (χ0) is 13.9. The van der Waals surface area contributed by atoms with Crippen molar-refractivity contribution in [1.82, 2.24) is 9.55 Å². The number of para-hydroxylation sites is 2. The molecule has 1 aromatic carbocycles. The highest BCUT2D eigenvalue weighted by molar-refractivity contribution is 8.00. The SMILES string of the molecule is CCCn1c(CC(N)C2CCCS2)nc2ccccc21. The van der Waals surface area contributed by atoms with Gasteiger partial charge in [0.25, 0.3) is 0 Å². The zero-order valence-corrected chi connectivity index (χ0v) is 12.9. The first-order chi connectivity index (χ1) is 9.79. The predicted octanol–water partition coefficient (Wildman–Crippen LogP) is 3.21. The van der Waals surface area contributed by atoms with Crippen LogP contribution >= 0.6 is 11.8 Å². The Balaban J connectivity index is 1.87. The van der Waals surface area contributed by atoms with E-state index in [9.17, 15) is 0 Å². The Hall–Kier alpha value is -1.00. The second-order valence-corrected chi connectivity index (χ2v) is 6.93. The number of rotatable bonds is 5. The fraction of sp³-hybridized carbons (Fsp3) is 0.562. The van der Waals surface area contributed by atoms with Gasteiger partial charge in [-0.25, -0.2) is 4.98 Å². The van der Waals surface area contributed by atoms with E-state index in [1.54, 1.807) is 0 Å². The summed E-state index contributed by atoms with van der Waals surface area (Å²) in [5.41, 5.74) is 8.77. The lowest BCUT2D eigenvalue weighted by molar-refractivity contribution is 0.564. The fourth-order valence-corrected chi connectivity index (χ4v) is 4.35. The van der Waals surface area contributed by atoms with Gasteiger partial charge in [-0.3, -0.25) is 0 Å². The van der Waals surface area contributed by atoms with Crippen LogP contribution in [-0.2, 0) is 13.0 Å². The van der Waals surface area contributed by atoms with Crippen molar-refractivity contribution >= 4 is 22.8 Å². The standard InChI is InChI=1S/C16H23N3S/c1-2-9-19-14-7-4-3-6-13(14)18-16(19)11-12(17)15-8-5-10-20-15/h3-4,6-7,12,15H,2,5,8-11,17H2,1H3. The number of benzene rings is 1. The molecule has 0 saturated carbocycles. The first-order valence-electron chi connectivity index (χ1n) is 7.61. The maximum absolute atomic E-state index is 6.42. The van der Waals surface area contributed by atoms with Crippen LogP contribution < -0.4 is 5.73 Å². The summed E-state index contributed by atoms with van der Waals surface area (Å²) in [5.74, 6) is 2.43. The Kier molecular flexibility index (Phi) is 4.32. The van der Waals surface area contributed by atoms with Crippen molar-refractivity contribution in [3.8, 4) is 0 Å². The van der Waals surface area contributed by atoms with E-state index in [2.05, 4.69) is 35.8 Å². The quantitative estimate of drug-likeness (QED) is 0.919. The third kappa shape index (κ3) is 2.72. The fourth-order valence-electron chi connectivity index (χ4n) is 3.04. The lowest BCUT2D eigenvalue weighted by Crippen LogP contribution is -2.34. The number of aryl methyl sites for hydroxylation is 1. The Bertz CT molecular complexity index is 572. The van der Waals surface area contributed by atoms with Crippen molar-refractivity contribution in [1.29, 1.82) is 0 Å². The monoisotopic (exact) mass is 289 g/mol. The predicted molar refractivity (Wildman–Crippen MR) is 87.2 cm³/mol. The van der Waals surface area contributed by atoms with Crippen LogP contribution in [0.4, 0.5) is 0 Å². The van der Waals surface area contributed by atoms with E-state index in [-0.39, 0.29) is 6.04 Å². The van der Waals surface area contributed by atoms with E-state index in [1.807, 2.05) is 11.8 Å². The van der Waals surface area contributed by atoms with Gasteiger partial charge in [-0.1, -0.05) is 19.1 Å². The molecule has 1 aliphatic heterocycles. The van der Waals surface area contributed by atoms with Crippen molar-refractivity contribution in [3.63, 3.8) is 0 Å². The highest BCUT2D eigenvalue weighted by Crippen LogP contribution is 2.29. The molecule has 4 heteroatoms. The summed E-state index contributed by atoms with van der Waals surface area (Å²) < 4.78 is 2.36. The minimum Gasteiger partial charge on any atom is -0.328 e. The molecule has 1 aliphatic rings.